The van der Waals surface area contributed by atoms with E-state index in [4.69, 9.17) is 23.2 Å². The summed E-state index contributed by atoms with van der Waals surface area (Å²) in [6.45, 7) is 0.447. The Bertz CT molecular complexity index is 896. The van der Waals surface area contributed by atoms with Crippen LogP contribution in [0, 0.1) is 0 Å². The van der Waals surface area contributed by atoms with Crippen molar-refractivity contribution in [3.8, 4) is 11.3 Å². The van der Waals surface area contributed by atoms with Crippen molar-refractivity contribution in [3.05, 3.63) is 58.7 Å². The standard InChI is InChI=1S/C16H14Cl2N6/c1-23-6-5-11(22-23)10-3-2-4-13(15(10)18)24-8-12-16(20-9-24)21-14(17)7-19-12/h2-8,19H,9H2,1H3,(H,20,21). The predicted molar refractivity (Wildman–Crippen MR) is 96.7 cm³/mol. The first-order chi connectivity index (χ1) is 11.6. The highest BCUT2D eigenvalue weighted by Crippen LogP contribution is 2.36. The second kappa shape index (κ2) is 5.89. The molecule has 122 valence electrons. The monoisotopic (exact) mass is 360 g/mol. The molecule has 24 heavy (non-hydrogen) atoms. The number of benzene rings is 1. The van der Waals surface area contributed by atoms with Crippen LogP contribution < -0.4 is 15.5 Å². The molecule has 0 aliphatic carbocycles. The number of rotatable bonds is 2. The molecule has 0 saturated heterocycles. The largest absolute Gasteiger partial charge is 0.355 e. The van der Waals surface area contributed by atoms with Gasteiger partial charge in [-0.15, -0.1) is 0 Å². The van der Waals surface area contributed by atoms with E-state index in [-0.39, 0.29) is 0 Å². The molecule has 6 nitrogen and oxygen atoms in total. The quantitative estimate of drug-likeness (QED) is 0.808. The van der Waals surface area contributed by atoms with Crippen LogP contribution in [-0.2, 0) is 7.05 Å². The van der Waals surface area contributed by atoms with E-state index in [9.17, 15) is 0 Å². The van der Waals surface area contributed by atoms with Crippen LogP contribution in [0.25, 0.3) is 11.3 Å². The fourth-order valence-corrected chi connectivity index (χ4v) is 3.11. The Kier molecular flexibility index (Phi) is 3.70. The second-order valence-electron chi connectivity index (χ2n) is 5.44. The molecule has 3 heterocycles. The van der Waals surface area contributed by atoms with Gasteiger partial charge in [0.2, 0.25) is 0 Å². The number of aromatic nitrogens is 2. The molecule has 0 unspecified atom stereocenters. The molecule has 4 rings (SSSR count). The lowest BCUT2D eigenvalue weighted by atomic mass is 10.1. The van der Waals surface area contributed by atoms with Crippen LogP contribution >= 0.6 is 23.2 Å². The van der Waals surface area contributed by atoms with Crippen LogP contribution in [0.15, 0.2) is 58.7 Å². The topological polar surface area (TPSA) is 57.5 Å². The van der Waals surface area contributed by atoms with E-state index in [2.05, 4.69) is 20.7 Å². The Morgan fingerprint density at radius 1 is 1.21 bits per heavy atom. The summed E-state index contributed by atoms with van der Waals surface area (Å²) < 4.78 is 1.76. The minimum Gasteiger partial charge on any atom is -0.355 e. The van der Waals surface area contributed by atoms with Gasteiger partial charge >= 0.3 is 0 Å². The molecule has 8 heteroatoms. The van der Waals surface area contributed by atoms with Gasteiger partial charge in [0.1, 0.15) is 11.8 Å². The Morgan fingerprint density at radius 2 is 2.08 bits per heavy atom. The van der Waals surface area contributed by atoms with Gasteiger partial charge in [0, 0.05) is 31.2 Å². The van der Waals surface area contributed by atoms with Gasteiger partial charge in [0.05, 0.1) is 22.1 Å². The van der Waals surface area contributed by atoms with Crippen molar-refractivity contribution in [2.24, 2.45) is 12.0 Å². The molecule has 0 radical (unpaired) electrons. The molecule has 0 saturated carbocycles. The van der Waals surface area contributed by atoms with Crippen molar-refractivity contribution < 1.29 is 0 Å². The highest BCUT2D eigenvalue weighted by atomic mass is 35.5. The number of anilines is 1. The van der Waals surface area contributed by atoms with E-state index in [1.807, 2.05) is 48.6 Å². The van der Waals surface area contributed by atoms with E-state index in [0.717, 1.165) is 28.5 Å². The Morgan fingerprint density at radius 3 is 2.88 bits per heavy atom. The van der Waals surface area contributed by atoms with Gasteiger partial charge in [-0.1, -0.05) is 35.3 Å². The molecule has 2 aromatic rings. The number of aryl methyl sites for hydroxylation is 1. The first-order valence-electron chi connectivity index (χ1n) is 7.33. The van der Waals surface area contributed by atoms with Crippen molar-refractivity contribution in [1.82, 2.24) is 20.4 Å². The van der Waals surface area contributed by atoms with Crippen LogP contribution in [0.1, 0.15) is 0 Å². The summed E-state index contributed by atoms with van der Waals surface area (Å²) in [6.07, 6.45) is 5.53. The number of nitrogens with one attached hydrogen (secondary N) is 2. The molecule has 0 spiro atoms. The number of hydrogen-bond donors (Lipinski definition) is 2. The number of nitrogens with zero attached hydrogens (tertiary/aromatic N) is 4. The lowest BCUT2D eigenvalue weighted by molar-refractivity contribution is 0.771. The summed E-state index contributed by atoms with van der Waals surface area (Å²) in [4.78, 5) is 6.49. The second-order valence-corrected chi connectivity index (χ2v) is 6.22. The molecule has 0 amide bonds. The number of amidine groups is 1. The molecular formula is C16H14Cl2N6. The van der Waals surface area contributed by atoms with E-state index in [1.54, 1.807) is 10.9 Å². The van der Waals surface area contributed by atoms with Crippen molar-refractivity contribution in [2.45, 2.75) is 0 Å². The van der Waals surface area contributed by atoms with E-state index < -0.39 is 0 Å². The van der Waals surface area contributed by atoms with Crippen LogP contribution in [0.4, 0.5) is 5.69 Å². The third-order valence-corrected chi connectivity index (χ3v) is 4.39. The van der Waals surface area contributed by atoms with Crippen molar-refractivity contribution in [1.29, 1.82) is 0 Å². The molecule has 1 aromatic heterocycles. The van der Waals surface area contributed by atoms with E-state index >= 15 is 0 Å². The molecular weight excluding hydrogens is 347 g/mol. The zero-order valence-electron chi connectivity index (χ0n) is 12.8. The summed E-state index contributed by atoms with van der Waals surface area (Å²) in [7, 11) is 1.88. The van der Waals surface area contributed by atoms with Gasteiger partial charge in [-0.05, 0) is 12.1 Å². The lowest BCUT2D eigenvalue weighted by Gasteiger charge is -2.29. The number of fused-ring (bicyclic) bond motifs is 1. The summed E-state index contributed by atoms with van der Waals surface area (Å²) in [5.41, 5.74) is 3.44. The van der Waals surface area contributed by atoms with Crippen molar-refractivity contribution >= 4 is 34.7 Å². The molecule has 2 aliphatic rings. The Labute approximate surface area is 149 Å². The SMILES string of the molecule is Cn1ccc(-c2cccc(N3C=C4NC=C(Cl)NC4=NC3)c2Cl)n1. The van der Waals surface area contributed by atoms with Crippen LogP contribution in [0.2, 0.25) is 5.02 Å². The number of hydrogen-bond acceptors (Lipinski definition) is 5. The first kappa shape index (κ1) is 15.1. The molecule has 1 aromatic carbocycles. The molecule has 0 fully saturated rings. The maximum absolute atomic E-state index is 6.65. The van der Waals surface area contributed by atoms with Gasteiger partial charge in [-0.3, -0.25) is 4.68 Å². The third kappa shape index (κ3) is 2.64. The number of aliphatic imine (C=N–C) groups is 1. The fraction of sp³-hybridized carbons (Fsp3) is 0.125. The summed E-state index contributed by atoms with van der Waals surface area (Å²) in [5, 5.41) is 11.7. The number of halogens is 2. The van der Waals surface area contributed by atoms with Crippen LogP contribution in [0.3, 0.4) is 0 Å². The molecule has 0 bridgehead atoms. The molecule has 2 N–H and O–H groups in total. The van der Waals surface area contributed by atoms with Gasteiger partial charge in [0.25, 0.3) is 0 Å². The predicted octanol–water partition coefficient (Wildman–Crippen LogP) is 2.99. The summed E-state index contributed by atoms with van der Waals surface area (Å²) in [6, 6.07) is 7.83. The minimum atomic E-state index is 0.447. The zero-order chi connectivity index (χ0) is 16.7. The van der Waals surface area contributed by atoms with Crippen LogP contribution in [0.5, 0.6) is 0 Å². The highest BCUT2D eigenvalue weighted by Gasteiger charge is 2.21. The maximum Gasteiger partial charge on any atom is 0.153 e. The summed E-state index contributed by atoms with van der Waals surface area (Å²) in [5.74, 6) is 0.718. The molecule has 2 aliphatic heterocycles. The zero-order valence-corrected chi connectivity index (χ0v) is 14.3. The Balaban J connectivity index is 1.70. The van der Waals surface area contributed by atoms with Gasteiger partial charge in [-0.2, -0.15) is 5.10 Å². The summed E-state index contributed by atoms with van der Waals surface area (Å²) >= 11 is 12.6. The highest BCUT2D eigenvalue weighted by molar-refractivity contribution is 6.36. The third-order valence-electron chi connectivity index (χ3n) is 3.79. The minimum absolute atomic E-state index is 0.447. The van der Waals surface area contributed by atoms with Crippen molar-refractivity contribution in [3.63, 3.8) is 0 Å². The maximum atomic E-state index is 6.65. The van der Waals surface area contributed by atoms with Crippen LogP contribution in [-0.4, -0.2) is 22.3 Å². The first-order valence-corrected chi connectivity index (χ1v) is 8.08. The van der Waals surface area contributed by atoms with Gasteiger partial charge in [0.15, 0.2) is 5.84 Å². The van der Waals surface area contributed by atoms with Crippen molar-refractivity contribution in [2.75, 3.05) is 11.6 Å². The average molecular weight is 361 g/mol. The Hall–Kier alpha value is -2.44. The van der Waals surface area contributed by atoms with Gasteiger partial charge in [-0.25, -0.2) is 4.99 Å². The van der Waals surface area contributed by atoms with Gasteiger partial charge < -0.3 is 15.5 Å². The van der Waals surface area contributed by atoms with E-state index in [1.165, 1.54) is 0 Å². The molecule has 0 atom stereocenters. The van der Waals surface area contributed by atoms with E-state index in [0.29, 0.717) is 16.8 Å². The fourth-order valence-electron chi connectivity index (χ4n) is 2.64. The smallest absolute Gasteiger partial charge is 0.153 e. The lowest BCUT2D eigenvalue weighted by Crippen LogP contribution is -2.39. The average Bonchev–Trinajstić information content (AvgIpc) is 3.01. The normalized spacial score (nSPS) is 16.5.